The van der Waals surface area contributed by atoms with Gasteiger partial charge < -0.3 is 19.9 Å². The Hall–Kier alpha value is -2.13. The molecular formula is C17H23F3N3O3+. The Kier molecular flexibility index (Phi) is 6.60. The maximum absolute atomic E-state index is 13.6. The smallest absolute Gasteiger partial charge is 0.279 e. The highest BCUT2D eigenvalue weighted by Crippen LogP contribution is 2.19. The Labute approximate surface area is 149 Å². The van der Waals surface area contributed by atoms with Gasteiger partial charge in [0, 0.05) is 13.1 Å². The Morgan fingerprint density at radius 3 is 2.38 bits per heavy atom. The molecule has 1 saturated heterocycles. The maximum Gasteiger partial charge on any atom is 0.279 e. The van der Waals surface area contributed by atoms with Gasteiger partial charge in [-0.2, -0.15) is 0 Å². The first kappa shape index (κ1) is 20.2. The van der Waals surface area contributed by atoms with Crippen LogP contribution >= 0.6 is 0 Å². The van der Waals surface area contributed by atoms with Crippen molar-refractivity contribution in [2.75, 3.05) is 38.5 Å². The van der Waals surface area contributed by atoms with Gasteiger partial charge in [0.2, 0.25) is 0 Å². The van der Waals surface area contributed by atoms with Gasteiger partial charge in [0.25, 0.3) is 11.8 Å². The molecule has 1 aliphatic heterocycles. The number of likely N-dealkylation sites (N-methyl/N-ethyl adjacent to an activating group) is 1. The lowest BCUT2D eigenvalue weighted by Crippen LogP contribution is -3.11. The van der Waals surface area contributed by atoms with Crippen LogP contribution in [0.1, 0.15) is 13.8 Å². The topological polar surface area (TPSA) is 63.1 Å². The molecule has 9 heteroatoms. The van der Waals surface area contributed by atoms with E-state index in [1.165, 1.54) is 0 Å². The van der Waals surface area contributed by atoms with Crippen molar-refractivity contribution in [1.82, 2.24) is 4.90 Å². The summed E-state index contributed by atoms with van der Waals surface area (Å²) in [6.45, 7) is 4.70. The van der Waals surface area contributed by atoms with Crippen molar-refractivity contribution in [1.29, 1.82) is 0 Å². The third-order valence-electron chi connectivity index (χ3n) is 4.00. The monoisotopic (exact) mass is 374 g/mol. The van der Waals surface area contributed by atoms with Crippen molar-refractivity contribution in [3.63, 3.8) is 0 Å². The van der Waals surface area contributed by atoms with E-state index in [4.69, 9.17) is 4.74 Å². The minimum atomic E-state index is -1.64. The van der Waals surface area contributed by atoms with Crippen LogP contribution in [0.3, 0.4) is 0 Å². The van der Waals surface area contributed by atoms with Crippen LogP contribution in [0.25, 0.3) is 0 Å². The first-order valence-electron chi connectivity index (χ1n) is 8.35. The maximum atomic E-state index is 13.6. The molecule has 144 valence electrons. The van der Waals surface area contributed by atoms with Gasteiger partial charge in [-0.25, -0.2) is 13.2 Å². The fourth-order valence-electron chi connectivity index (χ4n) is 2.90. The van der Waals surface area contributed by atoms with Gasteiger partial charge in [-0.1, -0.05) is 0 Å². The highest BCUT2D eigenvalue weighted by Gasteiger charge is 2.28. The quantitative estimate of drug-likeness (QED) is 0.724. The van der Waals surface area contributed by atoms with Gasteiger partial charge >= 0.3 is 0 Å². The first-order valence-corrected chi connectivity index (χ1v) is 8.35. The van der Waals surface area contributed by atoms with E-state index in [2.05, 4.69) is 5.32 Å². The van der Waals surface area contributed by atoms with E-state index < -0.39 is 29.0 Å². The number of hydrogen-bond acceptors (Lipinski definition) is 3. The number of carbonyl (C=O) groups is 2. The number of quaternary nitrogens is 1. The van der Waals surface area contributed by atoms with Gasteiger partial charge in [0.05, 0.1) is 24.9 Å². The van der Waals surface area contributed by atoms with Crippen molar-refractivity contribution in [2.24, 2.45) is 0 Å². The molecule has 1 fully saturated rings. The van der Waals surface area contributed by atoms with Crippen molar-refractivity contribution in [2.45, 2.75) is 26.1 Å². The number of ether oxygens (including phenoxy) is 1. The molecule has 0 radical (unpaired) electrons. The second-order valence-corrected chi connectivity index (χ2v) is 6.64. The summed E-state index contributed by atoms with van der Waals surface area (Å²) in [6.07, 6.45) is -0.106. The molecule has 2 N–H and O–H groups in total. The van der Waals surface area contributed by atoms with E-state index >= 15 is 0 Å². The third kappa shape index (κ3) is 5.18. The van der Waals surface area contributed by atoms with E-state index in [1.54, 1.807) is 11.9 Å². The molecule has 2 rings (SSSR count). The van der Waals surface area contributed by atoms with Crippen molar-refractivity contribution in [3.8, 4) is 0 Å². The molecular weight excluding hydrogens is 351 g/mol. The normalized spacial score (nSPS) is 21.4. The van der Waals surface area contributed by atoms with E-state index in [1.807, 2.05) is 13.8 Å². The van der Waals surface area contributed by atoms with Crippen LogP contribution in [0, 0.1) is 17.5 Å². The first-order chi connectivity index (χ1) is 12.2. The number of rotatable bonds is 5. The van der Waals surface area contributed by atoms with Crippen LogP contribution in [-0.2, 0) is 14.3 Å². The van der Waals surface area contributed by atoms with E-state index in [9.17, 15) is 22.8 Å². The highest BCUT2D eigenvalue weighted by atomic mass is 19.2. The van der Waals surface area contributed by atoms with Crippen LogP contribution < -0.4 is 10.2 Å². The lowest BCUT2D eigenvalue weighted by Gasteiger charge is -2.35. The standard InChI is InChI=1S/C17H22F3N3O3/c1-10-6-23(7-11(2)26-10)15(25)9-22(3)8-14(24)21-13-5-4-12(18)16(19)17(13)20/h4-5,10-11H,6-9H2,1-3H3,(H,21,24)/p+1/t10-,11-/m0/s1. The van der Waals surface area contributed by atoms with Crippen molar-refractivity contribution < 1.29 is 32.4 Å². The lowest BCUT2D eigenvalue weighted by atomic mass is 10.2. The molecule has 1 heterocycles. The summed E-state index contributed by atoms with van der Waals surface area (Å²) in [7, 11) is 1.65. The summed E-state index contributed by atoms with van der Waals surface area (Å²) in [5.41, 5.74) is -0.441. The summed E-state index contributed by atoms with van der Waals surface area (Å²) in [6, 6.07) is 1.68. The molecule has 1 aliphatic rings. The minimum Gasteiger partial charge on any atom is -0.372 e. The molecule has 1 unspecified atom stereocenters. The van der Waals surface area contributed by atoms with Gasteiger partial charge in [-0.3, -0.25) is 9.59 Å². The predicted octanol–water partition coefficient (Wildman–Crippen LogP) is 0.193. The lowest BCUT2D eigenvalue weighted by molar-refractivity contribution is -0.862. The molecule has 26 heavy (non-hydrogen) atoms. The fourth-order valence-corrected chi connectivity index (χ4v) is 2.90. The summed E-state index contributed by atoms with van der Waals surface area (Å²) < 4.78 is 45.2. The Morgan fingerprint density at radius 1 is 1.15 bits per heavy atom. The average molecular weight is 374 g/mol. The SMILES string of the molecule is C[C@H]1CN(C(=O)C[NH+](C)CC(=O)Nc2ccc(F)c(F)c2F)C[C@H](C)O1. The molecule has 1 aromatic carbocycles. The fraction of sp³-hybridized carbons (Fsp3) is 0.529. The summed E-state index contributed by atoms with van der Waals surface area (Å²) in [5.74, 6) is -5.15. The van der Waals surface area contributed by atoms with Crippen LogP contribution in [0.5, 0.6) is 0 Å². The van der Waals surface area contributed by atoms with Gasteiger partial charge in [0.15, 0.2) is 30.5 Å². The minimum absolute atomic E-state index is 0.0531. The van der Waals surface area contributed by atoms with Crippen molar-refractivity contribution in [3.05, 3.63) is 29.6 Å². The average Bonchev–Trinajstić information content (AvgIpc) is 2.54. The van der Waals surface area contributed by atoms with E-state index in [0.717, 1.165) is 12.1 Å². The van der Waals surface area contributed by atoms with Crippen LogP contribution in [-0.4, -0.2) is 62.1 Å². The molecule has 0 spiro atoms. The van der Waals surface area contributed by atoms with E-state index in [0.29, 0.717) is 18.0 Å². The number of amides is 2. The summed E-state index contributed by atoms with van der Waals surface area (Å²) in [5, 5.41) is 2.19. The number of carbonyl (C=O) groups excluding carboxylic acids is 2. The Bertz CT molecular complexity index is 677. The van der Waals surface area contributed by atoms with Gasteiger partial charge in [-0.15, -0.1) is 0 Å². The van der Waals surface area contributed by atoms with Crippen molar-refractivity contribution >= 4 is 17.5 Å². The molecule has 0 aromatic heterocycles. The molecule has 2 amide bonds. The number of nitrogens with zero attached hydrogens (tertiary/aromatic N) is 1. The Morgan fingerprint density at radius 2 is 1.77 bits per heavy atom. The number of nitrogens with one attached hydrogen (secondary N) is 2. The molecule has 0 saturated carbocycles. The molecule has 0 bridgehead atoms. The second-order valence-electron chi connectivity index (χ2n) is 6.64. The van der Waals surface area contributed by atoms with E-state index in [-0.39, 0.29) is 31.2 Å². The number of hydrogen-bond donors (Lipinski definition) is 2. The van der Waals surface area contributed by atoms with Crippen LogP contribution in [0.2, 0.25) is 0 Å². The number of benzene rings is 1. The van der Waals surface area contributed by atoms with Crippen LogP contribution in [0.15, 0.2) is 12.1 Å². The zero-order valence-electron chi connectivity index (χ0n) is 14.9. The molecule has 0 aliphatic carbocycles. The Balaban J connectivity index is 1.87. The van der Waals surface area contributed by atoms with Crippen LogP contribution in [0.4, 0.5) is 18.9 Å². The zero-order chi connectivity index (χ0) is 19.4. The summed E-state index contributed by atoms with van der Waals surface area (Å²) in [4.78, 5) is 26.6. The third-order valence-corrected chi connectivity index (χ3v) is 4.00. The molecule has 3 atom stereocenters. The molecule has 6 nitrogen and oxygen atoms in total. The largest absolute Gasteiger partial charge is 0.372 e. The van der Waals surface area contributed by atoms with Gasteiger partial charge in [-0.05, 0) is 26.0 Å². The number of morpholine rings is 1. The number of halogens is 3. The highest BCUT2D eigenvalue weighted by molar-refractivity contribution is 5.91. The zero-order valence-corrected chi connectivity index (χ0v) is 14.9. The summed E-state index contributed by atoms with van der Waals surface area (Å²) >= 11 is 0. The van der Waals surface area contributed by atoms with Gasteiger partial charge in [0.1, 0.15) is 0 Å². The number of anilines is 1. The molecule has 1 aromatic rings. The second kappa shape index (κ2) is 8.50. The predicted molar refractivity (Wildman–Crippen MR) is 88.2 cm³/mol.